The highest BCUT2D eigenvalue weighted by Crippen LogP contribution is 2.27. The lowest BCUT2D eigenvalue weighted by atomic mass is 10.0. The molecule has 1 heterocycles. The number of benzene rings is 2. The van der Waals surface area contributed by atoms with E-state index in [1.165, 1.54) is 0 Å². The molecule has 1 fully saturated rings. The number of carbonyl (C=O) groups excluding carboxylic acids is 1. The second-order valence-corrected chi connectivity index (χ2v) is 7.73. The van der Waals surface area contributed by atoms with E-state index in [9.17, 15) is 4.79 Å². The summed E-state index contributed by atoms with van der Waals surface area (Å²) >= 11 is 0. The number of nitrogens with zero attached hydrogens (tertiary/aromatic N) is 1. The van der Waals surface area contributed by atoms with Crippen LogP contribution < -0.4 is 20.1 Å². The molecule has 2 N–H and O–H groups in total. The molecule has 6 nitrogen and oxygen atoms in total. The average molecular weight is 412 g/mol. The van der Waals surface area contributed by atoms with Gasteiger partial charge in [-0.05, 0) is 56.0 Å². The van der Waals surface area contributed by atoms with Crippen molar-refractivity contribution >= 4 is 11.6 Å². The Morgan fingerprint density at radius 1 is 1.07 bits per heavy atom. The van der Waals surface area contributed by atoms with E-state index in [0.717, 1.165) is 43.6 Å². The zero-order valence-corrected chi connectivity index (χ0v) is 18.2. The van der Waals surface area contributed by atoms with Gasteiger partial charge in [0.15, 0.2) is 11.5 Å². The summed E-state index contributed by atoms with van der Waals surface area (Å²) in [6.45, 7) is 4.45. The van der Waals surface area contributed by atoms with Crippen molar-refractivity contribution in [1.82, 2.24) is 10.2 Å². The third-order valence-electron chi connectivity index (χ3n) is 5.76. The SMILES string of the molecule is COc1ccc(CCNC(=O)C(C)N2CCC(Nc3ccccc3)CC2)cc1OC. The van der Waals surface area contributed by atoms with Gasteiger partial charge in [-0.25, -0.2) is 0 Å². The van der Waals surface area contributed by atoms with E-state index < -0.39 is 0 Å². The van der Waals surface area contributed by atoms with Crippen LogP contribution in [0.4, 0.5) is 5.69 Å². The number of ether oxygens (including phenoxy) is 2. The lowest BCUT2D eigenvalue weighted by Crippen LogP contribution is -2.50. The van der Waals surface area contributed by atoms with Gasteiger partial charge in [0.1, 0.15) is 0 Å². The van der Waals surface area contributed by atoms with E-state index in [4.69, 9.17) is 9.47 Å². The number of carbonyl (C=O) groups is 1. The summed E-state index contributed by atoms with van der Waals surface area (Å²) in [4.78, 5) is 14.9. The first-order valence-corrected chi connectivity index (χ1v) is 10.6. The van der Waals surface area contributed by atoms with Crippen LogP contribution in [0.25, 0.3) is 0 Å². The highest BCUT2D eigenvalue weighted by atomic mass is 16.5. The Morgan fingerprint density at radius 3 is 2.43 bits per heavy atom. The zero-order valence-electron chi connectivity index (χ0n) is 18.2. The van der Waals surface area contributed by atoms with Gasteiger partial charge >= 0.3 is 0 Å². The number of amides is 1. The van der Waals surface area contributed by atoms with Crippen LogP contribution in [0, 0.1) is 0 Å². The molecule has 6 heteroatoms. The van der Waals surface area contributed by atoms with E-state index >= 15 is 0 Å². The Hall–Kier alpha value is -2.73. The topological polar surface area (TPSA) is 62.8 Å². The molecule has 3 rings (SSSR count). The Kier molecular flexibility index (Phi) is 7.97. The Labute approximate surface area is 179 Å². The molecular formula is C24H33N3O3. The molecule has 162 valence electrons. The van der Waals surface area contributed by atoms with E-state index in [0.29, 0.717) is 24.1 Å². The number of rotatable bonds is 9. The number of hydrogen-bond donors (Lipinski definition) is 2. The maximum Gasteiger partial charge on any atom is 0.237 e. The summed E-state index contributed by atoms with van der Waals surface area (Å²) in [6.07, 6.45) is 2.83. The normalized spacial score (nSPS) is 16.0. The average Bonchev–Trinajstić information content (AvgIpc) is 2.79. The molecule has 1 aliphatic rings. The fraction of sp³-hybridized carbons (Fsp3) is 0.458. The van der Waals surface area contributed by atoms with Crippen LogP contribution in [-0.2, 0) is 11.2 Å². The molecule has 0 aliphatic carbocycles. The number of nitrogens with one attached hydrogen (secondary N) is 2. The van der Waals surface area contributed by atoms with Gasteiger partial charge in [-0.1, -0.05) is 24.3 Å². The zero-order chi connectivity index (χ0) is 21.3. The van der Waals surface area contributed by atoms with Gasteiger partial charge in [-0.15, -0.1) is 0 Å². The van der Waals surface area contributed by atoms with Crippen molar-refractivity contribution in [3.05, 3.63) is 54.1 Å². The van der Waals surface area contributed by atoms with Gasteiger partial charge in [0.25, 0.3) is 0 Å². The van der Waals surface area contributed by atoms with E-state index in [2.05, 4.69) is 27.7 Å². The summed E-state index contributed by atoms with van der Waals surface area (Å²) in [5, 5.41) is 6.67. The quantitative estimate of drug-likeness (QED) is 0.663. The molecule has 0 saturated carbocycles. The van der Waals surface area contributed by atoms with Crippen LogP contribution >= 0.6 is 0 Å². The number of anilines is 1. The van der Waals surface area contributed by atoms with Crippen molar-refractivity contribution in [3.8, 4) is 11.5 Å². The molecule has 0 spiro atoms. The van der Waals surface area contributed by atoms with Gasteiger partial charge in [-0.2, -0.15) is 0 Å². The first-order valence-electron chi connectivity index (χ1n) is 10.6. The van der Waals surface area contributed by atoms with Gasteiger partial charge in [-0.3, -0.25) is 9.69 Å². The molecule has 1 aliphatic heterocycles. The Bertz CT molecular complexity index is 805. The lowest BCUT2D eigenvalue weighted by Gasteiger charge is -2.36. The predicted octanol–water partition coefficient (Wildman–Crippen LogP) is 3.33. The summed E-state index contributed by atoms with van der Waals surface area (Å²) in [7, 11) is 3.25. The molecule has 0 radical (unpaired) electrons. The molecule has 1 saturated heterocycles. The monoisotopic (exact) mass is 411 g/mol. The lowest BCUT2D eigenvalue weighted by molar-refractivity contribution is -0.126. The molecule has 2 aromatic carbocycles. The fourth-order valence-corrected chi connectivity index (χ4v) is 3.88. The number of piperidine rings is 1. The van der Waals surface area contributed by atoms with Crippen LogP contribution in [0.3, 0.4) is 0 Å². The summed E-state index contributed by atoms with van der Waals surface area (Å²) < 4.78 is 10.6. The molecule has 0 aromatic heterocycles. The largest absolute Gasteiger partial charge is 0.493 e. The second-order valence-electron chi connectivity index (χ2n) is 7.73. The second kappa shape index (κ2) is 10.9. The first-order chi connectivity index (χ1) is 14.6. The van der Waals surface area contributed by atoms with Crippen molar-refractivity contribution in [2.24, 2.45) is 0 Å². The summed E-state index contributed by atoms with van der Waals surface area (Å²) in [5.41, 5.74) is 2.27. The van der Waals surface area contributed by atoms with Crippen LogP contribution in [0.5, 0.6) is 11.5 Å². The summed E-state index contributed by atoms with van der Waals surface area (Å²) in [5.74, 6) is 1.51. The number of hydrogen-bond acceptors (Lipinski definition) is 5. The van der Waals surface area contributed by atoms with E-state index in [1.54, 1.807) is 14.2 Å². The maximum absolute atomic E-state index is 12.6. The molecular weight excluding hydrogens is 378 g/mol. The van der Waals surface area contributed by atoms with E-state index in [-0.39, 0.29) is 11.9 Å². The smallest absolute Gasteiger partial charge is 0.237 e. The third-order valence-corrected chi connectivity index (χ3v) is 5.76. The first kappa shape index (κ1) is 22.0. The highest BCUT2D eigenvalue weighted by molar-refractivity contribution is 5.81. The molecule has 1 amide bonds. The van der Waals surface area contributed by atoms with Crippen molar-refractivity contribution in [2.75, 3.05) is 39.2 Å². The molecule has 0 bridgehead atoms. The van der Waals surface area contributed by atoms with E-state index in [1.807, 2.05) is 43.3 Å². The van der Waals surface area contributed by atoms with Crippen molar-refractivity contribution in [2.45, 2.75) is 38.3 Å². The molecule has 1 atom stereocenters. The number of likely N-dealkylation sites (tertiary alicyclic amines) is 1. The minimum absolute atomic E-state index is 0.0879. The van der Waals surface area contributed by atoms with Gasteiger partial charge < -0.3 is 20.1 Å². The molecule has 30 heavy (non-hydrogen) atoms. The minimum atomic E-state index is -0.118. The molecule has 2 aromatic rings. The highest BCUT2D eigenvalue weighted by Gasteiger charge is 2.26. The van der Waals surface area contributed by atoms with Crippen molar-refractivity contribution in [1.29, 1.82) is 0 Å². The standard InChI is InChI=1S/C24H33N3O3/c1-18(27-15-12-21(13-16-27)26-20-7-5-4-6-8-20)24(28)25-14-11-19-9-10-22(29-2)23(17-19)30-3/h4-10,17-18,21,26H,11-16H2,1-3H3,(H,25,28). The molecule has 1 unspecified atom stereocenters. The predicted molar refractivity (Wildman–Crippen MR) is 120 cm³/mol. The minimum Gasteiger partial charge on any atom is -0.493 e. The van der Waals surface area contributed by atoms with Crippen LogP contribution in [0.15, 0.2) is 48.5 Å². The number of methoxy groups -OCH3 is 2. The Balaban J connectivity index is 1.41. The van der Waals surface area contributed by atoms with Crippen molar-refractivity contribution < 1.29 is 14.3 Å². The fourth-order valence-electron chi connectivity index (χ4n) is 3.88. The van der Waals surface area contributed by atoms with Crippen LogP contribution in [0.2, 0.25) is 0 Å². The summed E-state index contributed by atoms with van der Waals surface area (Å²) in [6, 6.07) is 16.5. The van der Waals surface area contributed by atoms with Crippen LogP contribution in [0.1, 0.15) is 25.3 Å². The van der Waals surface area contributed by atoms with Gasteiger partial charge in [0.2, 0.25) is 5.91 Å². The Morgan fingerprint density at radius 2 is 1.77 bits per heavy atom. The number of para-hydroxylation sites is 1. The maximum atomic E-state index is 12.6. The van der Waals surface area contributed by atoms with Crippen LogP contribution in [-0.4, -0.2) is 56.7 Å². The third kappa shape index (κ3) is 5.89. The van der Waals surface area contributed by atoms with Crippen molar-refractivity contribution in [3.63, 3.8) is 0 Å². The van der Waals surface area contributed by atoms with Gasteiger partial charge in [0.05, 0.1) is 20.3 Å². The van der Waals surface area contributed by atoms with Gasteiger partial charge in [0, 0.05) is 31.4 Å².